The van der Waals surface area contributed by atoms with Gasteiger partial charge in [0.15, 0.2) is 0 Å². The smallest absolute Gasteiger partial charge is 0.264 e. The molecule has 2 N–H and O–H groups in total. The topological polar surface area (TPSA) is 72.9 Å². The average Bonchev–Trinajstić information content (AvgIpc) is 3.00. The maximum absolute atomic E-state index is 11.3. The third-order valence-electron chi connectivity index (χ3n) is 8.47. The van der Waals surface area contributed by atoms with E-state index in [1.165, 1.54) is 38.7 Å². The maximum Gasteiger partial charge on any atom is 0.264 e. The molecule has 0 bridgehead atoms. The molecule has 0 spiro atoms. The van der Waals surface area contributed by atoms with Crippen LogP contribution in [-0.4, -0.2) is 51.4 Å². The van der Waals surface area contributed by atoms with Gasteiger partial charge in [0.25, 0.3) is 10.1 Å². The van der Waals surface area contributed by atoms with Gasteiger partial charge in [-0.3, -0.25) is 4.55 Å². The summed E-state index contributed by atoms with van der Waals surface area (Å²) in [5.74, 6) is 0.331. The van der Waals surface area contributed by atoms with Crippen molar-refractivity contribution in [2.75, 3.05) is 53.6 Å². The lowest BCUT2D eigenvalue weighted by Crippen LogP contribution is -2.25. The Kier molecular flexibility index (Phi) is 11.3. The molecule has 0 saturated carbocycles. The van der Waals surface area contributed by atoms with E-state index >= 15 is 0 Å². The zero-order valence-corrected chi connectivity index (χ0v) is 28.0. The van der Waals surface area contributed by atoms with E-state index in [2.05, 4.69) is 136 Å². The summed E-state index contributed by atoms with van der Waals surface area (Å²) in [4.78, 5) is 4.53. The molecule has 0 aromatic heterocycles. The average molecular weight is 616 g/mol. The fraction of sp³-hybridized carbons (Fsp3) is 0.405. The van der Waals surface area contributed by atoms with Crippen LogP contribution in [0.15, 0.2) is 78.9 Å². The third-order valence-corrected chi connectivity index (χ3v) is 9.27. The number of benzene rings is 4. The van der Waals surface area contributed by atoms with Gasteiger partial charge in [-0.1, -0.05) is 62.4 Å². The van der Waals surface area contributed by atoms with Crippen molar-refractivity contribution in [3.05, 3.63) is 101 Å². The molecule has 236 valence electrons. The molecule has 7 heteroatoms. The molecule has 0 aliphatic rings. The maximum atomic E-state index is 11.3. The molecule has 4 rings (SSSR count). The predicted octanol–water partition coefficient (Wildman–Crippen LogP) is 8.35. The first-order chi connectivity index (χ1) is 21.1. The van der Waals surface area contributed by atoms with Crippen molar-refractivity contribution in [3.63, 3.8) is 0 Å². The van der Waals surface area contributed by atoms with Crippen LogP contribution in [0, 0.1) is 12.8 Å². The van der Waals surface area contributed by atoms with Gasteiger partial charge in [-0.2, -0.15) is 8.42 Å². The molecule has 0 amide bonds. The predicted molar refractivity (Wildman–Crippen MR) is 188 cm³/mol. The Balaban J connectivity index is 1.81. The third kappa shape index (κ3) is 8.13. The summed E-state index contributed by atoms with van der Waals surface area (Å²) in [7, 11) is -3.97. The number of hydrogen-bond donors (Lipinski definition) is 2. The van der Waals surface area contributed by atoms with Crippen molar-refractivity contribution in [1.29, 1.82) is 0 Å². The lowest BCUT2D eigenvalue weighted by atomic mass is 9.80. The second-order valence-electron chi connectivity index (χ2n) is 12.0. The van der Waals surface area contributed by atoms with Crippen LogP contribution in [-0.2, 0) is 10.1 Å². The van der Waals surface area contributed by atoms with Crippen LogP contribution in [0.1, 0.15) is 69.2 Å². The van der Waals surface area contributed by atoms with E-state index in [4.69, 9.17) is 0 Å². The van der Waals surface area contributed by atoms with Crippen molar-refractivity contribution >= 4 is 38.0 Å². The van der Waals surface area contributed by atoms with E-state index in [0.717, 1.165) is 37.6 Å². The van der Waals surface area contributed by atoms with E-state index in [-0.39, 0.29) is 11.7 Å². The molecular formula is C37H49N3O3S. The Morgan fingerprint density at radius 1 is 0.773 bits per heavy atom. The van der Waals surface area contributed by atoms with Gasteiger partial charge in [-0.15, -0.1) is 0 Å². The van der Waals surface area contributed by atoms with Gasteiger partial charge in [0.05, 0.1) is 5.75 Å². The van der Waals surface area contributed by atoms with Crippen LogP contribution < -0.4 is 15.1 Å². The molecule has 0 aliphatic heterocycles. The summed E-state index contributed by atoms with van der Waals surface area (Å²) in [5.41, 5.74) is 8.37. The molecule has 4 aromatic rings. The first-order valence-corrected chi connectivity index (χ1v) is 17.6. The molecule has 6 nitrogen and oxygen atoms in total. The van der Waals surface area contributed by atoms with Crippen molar-refractivity contribution in [3.8, 4) is 0 Å². The fourth-order valence-electron chi connectivity index (χ4n) is 6.12. The number of aryl methyl sites for hydroxylation is 1. The van der Waals surface area contributed by atoms with Gasteiger partial charge in [0, 0.05) is 61.1 Å². The van der Waals surface area contributed by atoms with Crippen molar-refractivity contribution < 1.29 is 13.0 Å². The highest BCUT2D eigenvalue weighted by atomic mass is 32.2. The molecule has 0 heterocycles. The molecule has 0 saturated heterocycles. The van der Waals surface area contributed by atoms with Crippen LogP contribution in [0.4, 0.5) is 17.1 Å². The van der Waals surface area contributed by atoms with Crippen LogP contribution >= 0.6 is 0 Å². The minimum absolute atomic E-state index is 0.0217. The van der Waals surface area contributed by atoms with Gasteiger partial charge < -0.3 is 15.1 Å². The zero-order chi connectivity index (χ0) is 31.9. The van der Waals surface area contributed by atoms with E-state index in [1.54, 1.807) is 0 Å². The molecule has 1 unspecified atom stereocenters. The second-order valence-corrected chi connectivity index (χ2v) is 13.6. The Morgan fingerprint density at radius 2 is 1.39 bits per heavy atom. The highest BCUT2D eigenvalue weighted by Gasteiger charge is 2.23. The van der Waals surface area contributed by atoms with Gasteiger partial charge in [0.2, 0.25) is 0 Å². The van der Waals surface area contributed by atoms with Crippen LogP contribution in [0.5, 0.6) is 0 Å². The second kappa shape index (κ2) is 15.0. The number of rotatable bonds is 15. The first kappa shape index (κ1) is 33.3. The van der Waals surface area contributed by atoms with Crippen LogP contribution in [0.2, 0.25) is 0 Å². The number of fused-ring (bicyclic) bond motifs is 1. The Hall–Kier alpha value is -3.55. The highest BCUT2D eigenvalue weighted by molar-refractivity contribution is 7.85. The normalized spacial score (nSPS) is 12.5. The molecule has 0 aliphatic carbocycles. The minimum atomic E-state index is -3.97. The minimum Gasteiger partial charge on any atom is -0.384 e. The summed E-state index contributed by atoms with van der Waals surface area (Å²) in [6.45, 7) is 17.2. The number of anilines is 3. The van der Waals surface area contributed by atoms with Gasteiger partial charge in [-0.05, 0) is 98.0 Å². The molecule has 1 atom stereocenters. The van der Waals surface area contributed by atoms with Gasteiger partial charge >= 0.3 is 0 Å². The Morgan fingerprint density at radius 3 is 1.98 bits per heavy atom. The summed E-state index contributed by atoms with van der Waals surface area (Å²) in [5, 5.41) is 6.13. The van der Waals surface area contributed by atoms with E-state index in [1.807, 2.05) is 0 Å². The Labute approximate surface area is 264 Å². The van der Waals surface area contributed by atoms with E-state index < -0.39 is 10.1 Å². The summed E-state index contributed by atoms with van der Waals surface area (Å²) >= 11 is 0. The first-order valence-electron chi connectivity index (χ1n) is 16.0. The highest BCUT2D eigenvalue weighted by Crippen LogP contribution is 2.41. The Bertz CT molecular complexity index is 1630. The van der Waals surface area contributed by atoms with Gasteiger partial charge in [0.1, 0.15) is 0 Å². The molecule has 4 aromatic carbocycles. The number of hydrogen-bond acceptors (Lipinski definition) is 5. The lowest BCUT2D eigenvalue weighted by molar-refractivity contribution is 0.481. The van der Waals surface area contributed by atoms with Gasteiger partial charge in [-0.25, -0.2) is 0 Å². The zero-order valence-electron chi connectivity index (χ0n) is 27.2. The number of nitrogens with one attached hydrogen (secondary N) is 1. The van der Waals surface area contributed by atoms with Crippen molar-refractivity contribution in [2.45, 2.75) is 53.9 Å². The van der Waals surface area contributed by atoms with E-state index in [0.29, 0.717) is 18.9 Å². The quantitative estimate of drug-likeness (QED) is 0.103. The van der Waals surface area contributed by atoms with Crippen molar-refractivity contribution in [1.82, 2.24) is 0 Å². The summed E-state index contributed by atoms with van der Waals surface area (Å²) in [6, 6.07) is 28.8. The fourth-order valence-corrected chi connectivity index (χ4v) is 6.62. The summed E-state index contributed by atoms with van der Waals surface area (Å²) in [6.07, 6.45) is 0.373. The molecule has 0 radical (unpaired) electrons. The van der Waals surface area contributed by atoms with E-state index in [9.17, 15) is 13.0 Å². The lowest BCUT2D eigenvalue weighted by Gasteiger charge is -2.28. The summed E-state index contributed by atoms with van der Waals surface area (Å²) < 4.78 is 31.8. The SMILES string of the molecule is CCN(CC)c1ccc(C(c2ccc(N(CC)CCCS(=O)(=O)O)cc2C)c2ccc(NCC(C)C)c3ccccc23)cc1. The number of nitrogens with zero attached hydrogens (tertiary/aromatic N) is 2. The standard InChI is InChI=1S/C37H49N3O3S/c1-7-39(8-2)30-17-15-29(16-18-30)37(35-21-22-36(38-26-27(4)5)34-14-11-10-13-33(34)35)32-20-19-31(25-28(32)6)40(9-3)23-12-24-44(41,42)43/h10-11,13-22,25,27,37-38H,7-9,12,23-24,26H2,1-6H3,(H,41,42,43). The monoisotopic (exact) mass is 615 g/mol. The van der Waals surface area contributed by atoms with Crippen molar-refractivity contribution in [2.24, 2.45) is 5.92 Å². The largest absolute Gasteiger partial charge is 0.384 e. The van der Waals surface area contributed by atoms with Crippen LogP contribution in [0.3, 0.4) is 0 Å². The molecular weight excluding hydrogens is 566 g/mol. The van der Waals surface area contributed by atoms with Crippen LogP contribution in [0.25, 0.3) is 10.8 Å². The molecule has 0 fully saturated rings. The molecule has 44 heavy (non-hydrogen) atoms.